The Morgan fingerprint density at radius 1 is 1.31 bits per heavy atom. The lowest BCUT2D eigenvalue weighted by Crippen LogP contribution is -2.43. The molecule has 2 N–H and O–H groups in total. The van der Waals surface area contributed by atoms with Gasteiger partial charge in [-0.15, -0.1) is 0 Å². The zero-order chi connectivity index (χ0) is 12.6. The topological polar surface area (TPSA) is 75.6 Å². The number of carboxylic acid groups (broad SMARTS) is 1. The molecule has 0 aliphatic carbocycles. The third kappa shape index (κ3) is 5.11. The fourth-order valence-corrected chi connectivity index (χ4v) is 0.903. The molecule has 0 atom stereocenters. The highest BCUT2D eigenvalue weighted by Crippen LogP contribution is 2.14. The minimum Gasteiger partial charge on any atom is -0.480 e. The molecule has 0 saturated carbocycles. The molecule has 0 aromatic rings. The predicted molar refractivity (Wildman–Crippen MR) is 60.2 cm³/mol. The second kappa shape index (κ2) is 7.22. The summed E-state index contributed by atoms with van der Waals surface area (Å²) in [6.07, 6.45) is 2.06. The van der Waals surface area contributed by atoms with Crippen LogP contribution in [-0.4, -0.2) is 36.7 Å². The number of nitrogens with one attached hydrogen (secondary N) is 1. The van der Waals surface area contributed by atoms with E-state index in [9.17, 15) is 9.59 Å². The average molecular weight is 231 g/mol. The van der Waals surface area contributed by atoms with Crippen LogP contribution in [0.5, 0.6) is 0 Å². The lowest BCUT2D eigenvalue weighted by Gasteiger charge is -2.18. The molecule has 0 saturated heterocycles. The molecular formula is C11H21NO4. The first kappa shape index (κ1) is 14.9. The van der Waals surface area contributed by atoms with Crippen molar-refractivity contribution >= 4 is 11.9 Å². The van der Waals surface area contributed by atoms with Crippen LogP contribution in [0.15, 0.2) is 0 Å². The van der Waals surface area contributed by atoms with Crippen molar-refractivity contribution in [3.05, 3.63) is 0 Å². The second-order valence-electron chi connectivity index (χ2n) is 4.15. The fourth-order valence-electron chi connectivity index (χ4n) is 0.903. The maximum absolute atomic E-state index is 11.4. The van der Waals surface area contributed by atoms with Crippen molar-refractivity contribution in [1.29, 1.82) is 0 Å². The van der Waals surface area contributed by atoms with E-state index in [0.29, 0.717) is 19.8 Å². The van der Waals surface area contributed by atoms with Gasteiger partial charge in [0.05, 0.1) is 6.61 Å². The van der Waals surface area contributed by atoms with Crippen LogP contribution in [0.4, 0.5) is 0 Å². The third-order valence-corrected chi connectivity index (χ3v) is 2.28. The Morgan fingerprint density at radius 2 is 1.94 bits per heavy atom. The Balaban J connectivity index is 3.70. The number of ether oxygens (including phenoxy) is 1. The van der Waals surface area contributed by atoms with Crippen molar-refractivity contribution in [2.75, 3.05) is 19.8 Å². The molecule has 0 rings (SSSR count). The van der Waals surface area contributed by atoms with Crippen LogP contribution in [0.1, 0.15) is 33.6 Å². The number of carbonyl (C=O) groups excluding carboxylic acids is 1. The van der Waals surface area contributed by atoms with Crippen LogP contribution in [0, 0.1) is 5.41 Å². The molecule has 0 aromatic heterocycles. The van der Waals surface area contributed by atoms with Crippen LogP contribution in [0.2, 0.25) is 0 Å². The first-order chi connectivity index (χ1) is 7.42. The molecule has 0 spiro atoms. The van der Waals surface area contributed by atoms with Gasteiger partial charge in [-0.3, -0.25) is 9.59 Å². The van der Waals surface area contributed by atoms with Crippen LogP contribution in [-0.2, 0) is 14.3 Å². The maximum atomic E-state index is 11.4. The first-order valence-corrected chi connectivity index (χ1v) is 5.52. The second-order valence-corrected chi connectivity index (χ2v) is 4.15. The molecule has 16 heavy (non-hydrogen) atoms. The van der Waals surface area contributed by atoms with Gasteiger partial charge in [0, 0.05) is 13.2 Å². The molecule has 0 heterocycles. The normalized spacial score (nSPS) is 11.2. The monoisotopic (exact) mass is 231 g/mol. The number of unbranched alkanes of at least 4 members (excludes halogenated alkanes) is 1. The molecule has 0 radical (unpaired) electrons. The molecular weight excluding hydrogens is 210 g/mol. The summed E-state index contributed by atoms with van der Waals surface area (Å²) in [5.74, 6) is -1.61. The van der Waals surface area contributed by atoms with Crippen molar-refractivity contribution in [2.45, 2.75) is 33.6 Å². The van der Waals surface area contributed by atoms with Gasteiger partial charge in [0.1, 0.15) is 5.41 Å². The number of hydrogen-bond acceptors (Lipinski definition) is 3. The van der Waals surface area contributed by atoms with Crippen molar-refractivity contribution in [3.8, 4) is 0 Å². The Bertz CT molecular complexity index is 238. The van der Waals surface area contributed by atoms with Gasteiger partial charge < -0.3 is 15.2 Å². The summed E-state index contributed by atoms with van der Waals surface area (Å²) in [7, 11) is 0. The number of amides is 1. The van der Waals surface area contributed by atoms with Gasteiger partial charge in [0.15, 0.2) is 0 Å². The third-order valence-electron chi connectivity index (χ3n) is 2.28. The summed E-state index contributed by atoms with van der Waals surface area (Å²) >= 11 is 0. The van der Waals surface area contributed by atoms with Gasteiger partial charge >= 0.3 is 5.97 Å². The van der Waals surface area contributed by atoms with Crippen molar-refractivity contribution in [2.24, 2.45) is 5.41 Å². The molecule has 0 unspecified atom stereocenters. The van der Waals surface area contributed by atoms with Crippen molar-refractivity contribution in [3.63, 3.8) is 0 Å². The number of carboxylic acids is 1. The van der Waals surface area contributed by atoms with E-state index in [1.54, 1.807) is 0 Å². The highest BCUT2D eigenvalue weighted by molar-refractivity contribution is 6.00. The number of rotatable bonds is 8. The summed E-state index contributed by atoms with van der Waals surface area (Å²) in [5, 5.41) is 11.3. The Hall–Kier alpha value is -1.10. The molecule has 5 nitrogen and oxygen atoms in total. The van der Waals surface area contributed by atoms with Gasteiger partial charge in [-0.2, -0.15) is 0 Å². The predicted octanol–water partition coefficient (Wildman–Crippen LogP) is 1.03. The zero-order valence-corrected chi connectivity index (χ0v) is 10.2. The summed E-state index contributed by atoms with van der Waals surface area (Å²) < 4.78 is 5.24. The molecule has 0 fully saturated rings. The van der Waals surface area contributed by atoms with E-state index in [1.807, 2.05) is 0 Å². The Labute approximate surface area is 96.2 Å². The summed E-state index contributed by atoms with van der Waals surface area (Å²) in [6, 6.07) is 0. The minimum atomic E-state index is -1.39. The Morgan fingerprint density at radius 3 is 2.44 bits per heavy atom. The van der Waals surface area contributed by atoms with E-state index in [2.05, 4.69) is 12.2 Å². The maximum Gasteiger partial charge on any atom is 0.318 e. The van der Waals surface area contributed by atoms with Crippen molar-refractivity contribution < 1.29 is 19.4 Å². The molecule has 0 aliphatic rings. The van der Waals surface area contributed by atoms with E-state index in [0.717, 1.165) is 12.8 Å². The molecule has 1 amide bonds. The van der Waals surface area contributed by atoms with E-state index in [-0.39, 0.29) is 0 Å². The quantitative estimate of drug-likeness (QED) is 0.483. The largest absolute Gasteiger partial charge is 0.480 e. The van der Waals surface area contributed by atoms with E-state index in [1.165, 1.54) is 13.8 Å². The van der Waals surface area contributed by atoms with Crippen molar-refractivity contribution in [1.82, 2.24) is 5.32 Å². The summed E-state index contributed by atoms with van der Waals surface area (Å²) in [5.41, 5.74) is -1.39. The van der Waals surface area contributed by atoms with E-state index >= 15 is 0 Å². The molecule has 0 aliphatic heterocycles. The summed E-state index contributed by atoms with van der Waals surface area (Å²) in [6.45, 7) is 6.26. The highest BCUT2D eigenvalue weighted by Gasteiger charge is 2.35. The van der Waals surface area contributed by atoms with Crippen LogP contribution >= 0.6 is 0 Å². The van der Waals surface area contributed by atoms with Gasteiger partial charge in [0.25, 0.3) is 0 Å². The zero-order valence-electron chi connectivity index (χ0n) is 10.2. The van der Waals surface area contributed by atoms with Gasteiger partial charge in [-0.1, -0.05) is 13.3 Å². The first-order valence-electron chi connectivity index (χ1n) is 5.52. The van der Waals surface area contributed by atoms with E-state index < -0.39 is 17.3 Å². The average Bonchev–Trinajstić information content (AvgIpc) is 2.22. The van der Waals surface area contributed by atoms with Gasteiger partial charge in [-0.25, -0.2) is 0 Å². The summed E-state index contributed by atoms with van der Waals surface area (Å²) in [4.78, 5) is 22.2. The number of carbonyl (C=O) groups is 2. The number of hydrogen-bond donors (Lipinski definition) is 2. The molecule has 0 bridgehead atoms. The van der Waals surface area contributed by atoms with Gasteiger partial charge in [-0.05, 0) is 20.3 Å². The molecule has 5 heteroatoms. The number of aliphatic carboxylic acids is 1. The lowest BCUT2D eigenvalue weighted by atomic mass is 9.93. The van der Waals surface area contributed by atoms with Crippen LogP contribution in [0.3, 0.4) is 0 Å². The highest BCUT2D eigenvalue weighted by atomic mass is 16.5. The smallest absolute Gasteiger partial charge is 0.318 e. The standard InChI is InChI=1S/C11H21NO4/c1-4-5-7-16-8-6-12-9(13)11(2,3)10(14)15/h4-8H2,1-3H3,(H,12,13)(H,14,15). The van der Waals surface area contributed by atoms with Gasteiger partial charge in [0.2, 0.25) is 5.91 Å². The molecule has 94 valence electrons. The van der Waals surface area contributed by atoms with Crippen LogP contribution < -0.4 is 5.32 Å². The Kier molecular flexibility index (Phi) is 6.72. The SMILES string of the molecule is CCCCOCCNC(=O)C(C)(C)C(=O)O. The van der Waals surface area contributed by atoms with Crippen LogP contribution in [0.25, 0.3) is 0 Å². The molecule has 0 aromatic carbocycles. The lowest BCUT2D eigenvalue weighted by molar-refractivity contribution is -0.153. The fraction of sp³-hybridized carbons (Fsp3) is 0.818. The minimum absolute atomic E-state index is 0.346. The van der Waals surface area contributed by atoms with E-state index in [4.69, 9.17) is 9.84 Å².